The Morgan fingerprint density at radius 1 is 1.05 bits per heavy atom. The number of hydrazone groups is 1. The molecule has 3 aliphatic rings. The van der Waals surface area contributed by atoms with Crippen molar-refractivity contribution in [2.45, 2.75) is 26.2 Å². The lowest BCUT2D eigenvalue weighted by atomic mass is 9.93. The van der Waals surface area contributed by atoms with Crippen molar-refractivity contribution >= 4 is 40.7 Å². The molecule has 1 saturated heterocycles. The summed E-state index contributed by atoms with van der Waals surface area (Å²) in [6.07, 6.45) is 0.821. The van der Waals surface area contributed by atoms with E-state index in [1.165, 1.54) is 11.0 Å². The van der Waals surface area contributed by atoms with Crippen molar-refractivity contribution in [3.05, 3.63) is 69.3 Å². The number of benzene rings is 2. The van der Waals surface area contributed by atoms with E-state index in [-0.39, 0.29) is 54.6 Å². The minimum absolute atomic E-state index is 0.0555. The van der Waals surface area contributed by atoms with Crippen molar-refractivity contribution < 1.29 is 24.1 Å². The maximum absolute atomic E-state index is 12.8. The van der Waals surface area contributed by atoms with Crippen LogP contribution in [0.5, 0.6) is 0 Å². The highest BCUT2D eigenvalue weighted by atomic mass is 16.6. The molecule has 39 heavy (non-hydrogen) atoms. The zero-order valence-electron chi connectivity index (χ0n) is 21.5. The molecular formula is C27H28N6O6. The molecule has 0 spiro atoms. The summed E-state index contributed by atoms with van der Waals surface area (Å²) in [5.74, 6) is -1.09. The van der Waals surface area contributed by atoms with E-state index in [4.69, 9.17) is 0 Å². The van der Waals surface area contributed by atoms with Gasteiger partial charge in [0, 0.05) is 63.1 Å². The third kappa shape index (κ3) is 5.09. The van der Waals surface area contributed by atoms with Crippen LogP contribution in [0, 0.1) is 16.0 Å². The van der Waals surface area contributed by atoms with Crippen LogP contribution in [0.4, 0.5) is 11.4 Å². The number of carbonyl (C=O) groups excluding carboxylic acids is 4. The van der Waals surface area contributed by atoms with Crippen molar-refractivity contribution in [1.82, 2.24) is 15.2 Å². The normalized spacial score (nSPS) is 19.1. The molecular weight excluding hydrogens is 504 g/mol. The van der Waals surface area contributed by atoms with Gasteiger partial charge in [0.1, 0.15) is 5.69 Å². The molecule has 1 unspecified atom stereocenters. The fourth-order valence-electron chi connectivity index (χ4n) is 5.28. The van der Waals surface area contributed by atoms with Gasteiger partial charge in [0.25, 0.3) is 17.5 Å². The first-order chi connectivity index (χ1) is 18.7. The number of carbonyl (C=O) groups is 4. The number of imide groups is 1. The van der Waals surface area contributed by atoms with E-state index in [0.717, 1.165) is 0 Å². The summed E-state index contributed by atoms with van der Waals surface area (Å²) >= 11 is 0. The number of hydrogen-bond acceptors (Lipinski definition) is 8. The molecule has 4 amide bonds. The van der Waals surface area contributed by atoms with Gasteiger partial charge in [-0.05, 0) is 24.6 Å². The molecule has 2 aromatic carbocycles. The maximum Gasteiger partial charge on any atom is 0.293 e. The highest BCUT2D eigenvalue weighted by Gasteiger charge is 2.35. The van der Waals surface area contributed by atoms with Gasteiger partial charge in [0.05, 0.1) is 21.8 Å². The fraction of sp³-hybridized carbons (Fsp3) is 0.370. The van der Waals surface area contributed by atoms with Crippen LogP contribution in [0.1, 0.15) is 52.5 Å². The molecule has 1 N–H and O–H groups in total. The summed E-state index contributed by atoms with van der Waals surface area (Å²) in [4.78, 5) is 65.6. The average molecular weight is 533 g/mol. The lowest BCUT2D eigenvalue weighted by molar-refractivity contribution is -0.384. The Kier molecular flexibility index (Phi) is 7.09. The molecule has 5 rings (SSSR count). The van der Waals surface area contributed by atoms with Gasteiger partial charge in [-0.3, -0.25) is 34.2 Å². The standard InChI is InChI=1S/C27H28N6O6/c1-17-15-23(34)28-29-25(17)18-8-9-21(22(16-18)33(38)39)30-11-13-31(14-12-30)24(35)7-4-10-32-26(36)19-5-2-3-6-20(19)27(32)37/h2-3,5-6,8-9,16-17H,4,7,10-15H2,1H3,(H,28,34). The summed E-state index contributed by atoms with van der Waals surface area (Å²) in [7, 11) is 0. The average Bonchev–Trinajstić information content (AvgIpc) is 3.18. The zero-order chi connectivity index (χ0) is 27.7. The van der Waals surface area contributed by atoms with Crippen molar-refractivity contribution in [2.75, 3.05) is 37.6 Å². The van der Waals surface area contributed by atoms with E-state index < -0.39 is 4.92 Å². The lowest BCUT2D eigenvalue weighted by Gasteiger charge is -2.36. The van der Waals surface area contributed by atoms with Crippen molar-refractivity contribution in [3.63, 3.8) is 0 Å². The number of nitrogens with zero attached hydrogens (tertiary/aromatic N) is 5. The monoisotopic (exact) mass is 532 g/mol. The maximum atomic E-state index is 12.8. The van der Waals surface area contributed by atoms with Gasteiger partial charge in [-0.1, -0.05) is 25.1 Å². The molecule has 1 fully saturated rings. The number of amides is 4. The summed E-state index contributed by atoms with van der Waals surface area (Å²) in [6.45, 7) is 3.69. The number of nitro benzene ring substituents is 1. The Morgan fingerprint density at radius 3 is 2.33 bits per heavy atom. The fourth-order valence-corrected chi connectivity index (χ4v) is 5.28. The van der Waals surface area contributed by atoms with Crippen LogP contribution in [0.25, 0.3) is 0 Å². The zero-order valence-corrected chi connectivity index (χ0v) is 21.5. The van der Waals surface area contributed by atoms with Gasteiger partial charge in [-0.2, -0.15) is 5.10 Å². The number of nitrogens with one attached hydrogen (secondary N) is 1. The molecule has 0 bridgehead atoms. The highest BCUT2D eigenvalue weighted by molar-refractivity contribution is 6.21. The number of nitro groups is 1. The van der Waals surface area contributed by atoms with Gasteiger partial charge in [-0.15, -0.1) is 0 Å². The Hall–Kier alpha value is -4.61. The topological polar surface area (TPSA) is 146 Å². The molecule has 2 aromatic rings. The Balaban J connectivity index is 1.17. The number of piperazine rings is 1. The first kappa shape index (κ1) is 26.0. The summed E-state index contributed by atoms with van der Waals surface area (Å²) in [6, 6.07) is 11.6. The predicted molar refractivity (Wildman–Crippen MR) is 141 cm³/mol. The van der Waals surface area contributed by atoms with Gasteiger partial charge in [-0.25, -0.2) is 5.43 Å². The molecule has 1 atom stereocenters. The van der Waals surface area contributed by atoms with E-state index in [1.54, 1.807) is 41.3 Å². The molecule has 3 heterocycles. The second-order valence-corrected chi connectivity index (χ2v) is 9.88. The minimum Gasteiger partial charge on any atom is -0.362 e. The molecule has 12 heteroatoms. The number of anilines is 1. The number of fused-ring (bicyclic) bond motifs is 1. The largest absolute Gasteiger partial charge is 0.362 e. The number of hydrogen-bond donors (Lipinski definition) is 1. The van der Waals surface area contributed by atoms with E-state index in [0.29, 0.717) is 60.7 Å². The molecule has 0 radical (unpaired) electrons. The van der Waals surface area contributed by atoms with E-state index in [1.807, 2.05) is 11.8 Å². The Bertz CT molecular complexity index is 1360. The van der Waals surface area contributed by atoms with Crippen molar-refractivity contribution in [3.8, 4) is 0 Å². The molecule has 202 valence electrons. The van der Waals surface area contributed by atoms with E-state index in [9.17, 15) is 29.3 Å². The quantitative estimate of drug-likeness (QED) is 0.327. The minimum atomic E-state index is -0.428. The van der Waals surface area contributed by atoms with Crippen LogP contribution in [0.2, 0.25) is 0 Å². The van der Waals surface area contributed by atoms with E-state index >= 15 is 0 Å². The van der Waals surface area contributed by atoms with Gasteiger partial charge in [0.15, 0.2) is 0 Å². The first-order valence-corrected chi connectivity index (χ1v) is 12.9. The van der Waals surface area contributed by atoms with Crippen molar-refractivity contribution in [2.24, 2.45) is 11.0 Å². The summed E-state index contributed by atoms with van der Waals surface area (Å²) < 4.78 is 0. The second-order valence-electron chi connectivity index (χ2n) is 9.88. The summed E-state index contributed by atoms with van der Waals surface area (Å²) in [5.41, 5.74) is 4.81. The molecule has 3 aliphatic heterocycles. The third-order valence-corrected chi connectivity index (χ3v) is 7.35. The van der Waals surface area contributed by atoms with Crippen LogP contribution < -0.4 is 10.3 Å². The summed E-state index contributed by atoms with van der Waals surface area (Å²) in [5, 5.41) is 16.0. The molecule has 0 aliphatic carbocycles. The van der Waals surface area contributed by atoms with Crippen LogP contribution in [0.3, 0.4) is 0 Å². The van der Waals surface area contributed by atoms with Crippen molar-refractivity contribution in [1.29, 1.82) is 0 Å². The third-order valence-electron chi connectivity index (χ3n) is 7.35. The lowest BCUT2D eigenvalue weighted by Crippen LogP contribution is -2.49. The van der Waals surface area contributed by atoms with Crippen LogP contribution in [0.15, 0.2) is 47.6 Å². The van der Waals surface area contributed by atoms with E-state index in [2.05, 4.69) is 10.5 Å². The van der Waals surface area contributed by atoms with Crippen LogP contribution >= 0.6 is 0 Å². The number of rotatable bonds is 7. The Morgan fingerprint density at radius 2 is 1.72 bits per heavy atom. The Labute approximate surface area is 224 Å². The van der Waals surface area contributed by atoms with Gasteiger partial charge < -0.3 is 9.80 Å². The van der Waals surface area contributed by atoms with Crippen LogP contribution in [-0.4, -0.2) is 76.8 Å². The molecule has 0 aromatic heterocycles. The molecule has 12 nitrogen and oxygen atoms in total. The molecule has 0 saturated carbocycles. The second kappa shape index (κ2) is 10.6. The highest BCUT2D eigenvalue weighted by Crippen LogP contribution is 2.32. The van der Waals surface area contributed by atoms with Gasteiger partial charge >= 0.3 is 0 Å². The van der Waals surface area contributed by atoms with Crippen LogP contribution in [-0.2, 0) is 9.59 Å². The first-order valence-electron chi connectivity index (χ1n) is 12.9. The predicted octanol–water partition coefficient (Wildman–Crippen LogP) is 2.18. The SMILES string of the molecule is CC1CC(=O)NN=C1c1ccc(N2CCN(C(=O)CCCN3C(=O)c4ccccc4C3=O)CC2)c([N+](=O)[O-])c1. The van der Waals surface area contributed by atoms with Gasteiger partial charge in [0.2, 0.25) is 11.8 Å². The smallest absolute Gasteiger partial charge is 0.293 e.